The van der Waals surface area contributed by atoms with Crippen molar-refractivity contribution in [1.82, 2.24) is 4.90 Å². The molecule has 5 heteroatoms. The first kappa shape index (κ1) is 24.2. The second-order valence-electron chi connectivity index (χ2n) is 8.60. The number of para-hydroxylation sites is 1. The van der Waals surface area contributed by atoms with Gasteiger partial charge in [-0.2, -0.15) is 0 Å². The molecule has 1 N–H and O–H groups in total. The van der Waals surface area contributed by atoms with Gasteiger partial charge in [-0.05, 0) is 48.1 Å². The number of hydrogen-bond donors (Lipinski definition) is 1. The van der Waals surface area contributed by atoms with Crippen LogP contribution in [-0.4, -0.2) is 23.3 Å². The molecule has 1 atom stereocenters. The third kappa shape index (κ3) is 5.67. The number of rotatable bonds is 8. The van der Waals surface area contributed by atoms with E-state index in [1.807, 2.05) is 76.2 Å². The summed E-state index contributed by atoms with van der Waals surface area (Å²) in [5.41, 5.74) is 3.36. The van der Waals surface area contributed by atoms with Crippen LogP contribution in [0.25, 0.3) is 0 Å². The molecule has 0 aliphatic heterocycles. The van der Waals surface area contributed by atoms with Gasteiger partial charge in [0.15, 0.2) is 0 Å². The predicted octanol–water partition coefficient (Wildman–Crippen LogP) is 6.17. The second kappa shape index (κ2) is 10.9. The van der Waals surface area contributed by atoms with Crippen LogP contribution in [0, 0.1) is 18.7 Å². The van der Waals surface area contributed by atoms with Gasteiger partial charge in [-0.1, -0.05) is 81.4 Å². The lowest BCUT2D eigenvalue weighted by molar-refractivity contribution is -0.121. The van der Waals surface area contributed by atoms with Crippen LogP contribution in [0.15, 0.2) is 72.8 Å². The summed E-state index contributed by atoms with van der Waals surface area (Å²) >= 11 is 0. The SMILES string of the molecule is CCc1cccc(C)c1NC(=O)C(c1ccccc1)N(CC(C)C)C(=O)c1ccccc1F. The Morgan fingerprint density at radius 3 is 2.24 bits per heavy atom. The van der Waals surface area contributed by atoms with Crippen molar-refractivity contribution in [2.75, 3.05) is 11.9 Å². The molecule has 1 unspecified atom stereocenters. The Bertz CT molecular complexity index is 1110. The van der Waals surface area contributed by atoms with Crippen LogP contribution in [0.1, 0.15) is 53.9 Å². The van der Waals surface area contributed by atoms with Gasteiger partial charge >= 0.3 is 0 Å². The van der Waals surface area contributed by atoms with Crippen molar-refractivity contribution < 1.29 is 14.0 Å². The van der Waals surface area contributed by atoms with Gasteiger partial charge in [0.05, 0.1) is 5.56 Å². The van der Waals surface area contributed by atoms with Crippen molar-refractivity contribution in [2.24, 2.45) is 5.92 Å². The van der Waals surface area contributed by atoms with Gasteiger partial charge < -0.3 is 10.2 Å². The predicted molar refractivity (Wildman–Crippen MR) is 131 cm³/mol. The fourth-order valence-corrected chi connectivity index (χ4v) is 3.99. The maximum Gasteiger partial charge on any atom is 0.257 e. The molecule has 0 fully saturated rings. The number of amides is 2. The molecule has 0 aromatic heterocycles. The van der Waals surface area contributed by atoms with E-state index in [2.05, 4.69) is 5.32 Å². The summed E-state index contributed by atoms with van der Waals surface area (Å²) in [4.78, 5) is 28.8. The highest BCUT2D eigenvalue weighted by Gasteiger charge is 2.33. The van der Waals surface area contributed by atoms with E-state index in [4.69, 9.17) is 0 Å². The van der Waals surface area contributed by atoms with E-state index in [1.165, 1.54) is 17.0 Å². The van der Waals surface area contributed by atoms with Gasteiger partial charge in [0, 0.05) is 12.2 Å². The Balaban J connectivity index is 2.09. The average Bonchev–Trinajstić information content (AvgIpc) is 2.80. The smallest absolute Gasteiger partial charge is 0.257 e. The zero-order chi connectivity index (χ0) is 24.0. The monoisotopic (exact) mass is 446 g/mol. The lowest BCUT2D eigenvalue weighted by Crippen LogP contribution is -2.43. The Labute approximate surface area is 195 Å². The first-order chi connectivity index (χ1) is 15.8. The van der Waals surface area contributed by atoms with E-state index in [0.717, 1.165) is 23.2 Å². The fourth-order valence-electron chi connectivity index (χ4n) is 3.99. The minimum Gasteiger partial charge on any atom is -0.323 e. The van der Waals surface area contributed by atoms with E-state index >= 15 is 0 Å². The van der Waals surface area contributed by atoms with Crippen LogP contribution >= 0.6 is 0 Å². The number of carbonyl (C=O) groups is 2. The molecule has 0 radical (unpaired) electrons. The molecule has 4 nitrogen and oxygen atoms in total. The van der Waals surface area contributed by atoms with Crippen LogP contribution in [0.3, 0.4) is 0 Å². The van der Waals surface area contributed by atoms with Gasteiger partial charge in [0.2, 0.25) is 0 Å². The molecule has 0 heterocycles. The van der Waals surface area contributed by atoms with E-state index in [0.29, 0.717) is 12.1 Å². The van der Waals surface area contributed by atoms with Gasteiger partial charge in [0.1, 0.15) is 11.9 Å². The molecule has 0 saturated carbocycles. The molecule has 3 aromatic carbocycles. The molecule has 2 amide bonds. The molecule has 172 valence electrons. The number of carbonyl (C=O) groups excluding carboxylic acids is 2. The van der Waals surface area contributed by atoms with Crippen molar-refractivity contribution in [2.45, 2.75) is 40.2 Å². The van der Waals surface area contributed by atoms with Gasteiger partial charge in [-0.15, -0.1) is 0 Å². The fraction of sp³-hybridized carbons (Fsp3) is 0.286. The third-order valence-corrected chi connectivity index (χ3v) is 5.59. The molecule has 0 spiro atoms. The number of aryl methyl sites for hydroxylation is 2. The molecule has 3 rings (SSSR count). The Kier molecular flexibility index (Phi) is 7.99. The molecule has 33 heavy (non-hydrogen) atoms. The van der Waals surface area contributed by atoms with Crippen LogP contribution < -0.4 is 5.32 Å². The Morgan fingerprint density at radius 2 is 1.61 bits per heavy atom. The van der Waals surface area contributed by atoms with Gasteiger partial charge in [-0.3, -0.25) is 9.59 Å². The van der Waals surface area contributed by atoms with E-state index in [1.54, 1.807) is 12.1 Å². The van der Waals surface area contributed by atoms with Crippen LogP contribution in [-0.2, 0) is 11.2 Å². The number of nitrogens with zero attached hydrogens (tertiary/aromatic N) is 1. The van der Waals surface area contributed by atoms with Crippen LogP contribution in [0.4, 0.5) is 10.1 Å². The normalized spacial score (nSPS) is 11.8. The summed E-state index contributed by atoms with van der Waals surface area (Å²) in [6, 6.07) is 20.1. The maximum atomic E-state index is 14.6. The molecule has 3 aromatic rings. The Morgan fingerprint density at radius 1 is 0.939 bits per heavy atom. The standard InChI is InChI=1S/C28H31FN2O2/c1-5-21-15-11-12-20(4)25(21)30-27(32)26(22-13-7-6-8-14-22)31(18-19(2)3)28(33)23-16-9-10-17-24(23)29/h6-17,19,26H,5,18H2,1-4H3,(H,30,32). The zero-order valence-corrected chi connectivity index (χ0v) is 19.6. The molecule has 0 bridgehead atoms. The number of anilines is 1. The molecule has 0 aliphatic carbocycles. The summed E-state index contributed by atoms with van der Waals surface area (Å²) in [5.74, 6) is -1.36. The van der Waals surface area contributed by atoms with E-state index in [-0.39, 0.29) is 17.4 Å². The van der Waals surface area contributed by atoms with Crippen molar-refractivity contribution in [3.05, 3.63) is 101 Å². The Hall–Kier alpha value is -3.47. The largest absolute Gasteiger partial charge is 0.323 e. The average molecular weight is 447 g/mol. The first-order valence-electron chi connectivity index (χ1n) is 11.3. The highest BCUT2D eigenvalue weighted by atomic mass is 19.1. The molecular formula is C28H31FN2O2. The van der Waals surface area contributed by atoms with E-state index < -0.39 is 17.8 Å². The number of hydrogen-bond acceptors (Lipinski definition) is 2. The minimum atomic E-state index is -0.912. The molecule has 0 saturated heterocycles. The number of benzene rings is 3. The third-order valence-electron chi connectivity index (χ3n) is 5.59. The van der Waals surface area contributed by atoms with E-state index in [9.17, 15) is 14.0 Å². The summed E-state index contributed by atoms with van der Waals surface area (Å²) in [5, 5.41) is 3.08. The number of halogens is 1. The first-order valence-corrected chi connectivity index (χ1v) is 11.3. The lowest BCUT2D eigenvalue weighted by atomic mass is 10.00. The van der Waals surface area contributed by atoms with Crippen molar-refractivity contribution in [1.29, 1.82) is 0 Å². The molecule has 0 aliphatic rings. The van der Waals surface area contributed by atoms with Crippen molar-refractivity contribution >= 4 is 17.5 Å². The molecular weight excluding hydrogens is 415 g/mol. The van der Waals surface area contributed by atoms with Crippen LogP contribution in [0.5, 0.6) is 0 Å². The van der Waals surface area contributed by atoms with Crippen molar-refractivity contribution in [3.63, 3.8) is 0 Å². The maximum absolute atomic E-state index is 14.6. The summed E-state index contributed by atoms with van der Waals surface area (Å²) in [7, 11) is 0. The van der Waals surface area contributed by atoms with Crippen LogP contribution in [0.2, 0.25) is 0 Å². The highest BCUT2D eigenvalue weighted by Crippen LogP contribution is 2.29. The second-order valence-corrected chi connectivity index (χ2v) is 8.60. The summed E-state index contributed by atoms with van der Waals surface area (Å²) < 4.78 is 14.6. The van der Waals surface area contributed by atoms with Crippen molar-refractivity contribution in [3.8, 4) is 0 Å². The highest BCUT2D eigenvalue weighted by molar-refractivity contribution is 6.02. The summed E-state index contributed by atoms with van der Waals surface area (Å²) in [6.07, 6.45) is 0.761. The zero-order valence-electron chi connectivity index (χ0n) is 19.6. The number of nitrogens with one attached hydrogen (secondary N) is 1. The lowest BCUT2D eigenvalue weighted by Gasteiger charge is -2.33. The topological polar surface area (TPSA) is 49.4 Å². The summed E-state index contributed by atoms with van der Waals surface area (Å²) in [6.45, 7) is 8.22. The van der Waals surface area contributed by atoms with Gasteiger partial charge in [0.25, 0.3) is 11.8 Å². The minimum absolute atomic E-state index is 0.0444. The quantitative estimate of drug-likeness (QED) is 0.449. The van der Waals surface area contributed by atoms with Gasteiger partial charge in [-0.25, -0.2) is 4.39 Å².